The molecule has 0 aromatic heterocycles. The Morgan fingerprint density at radius 3 is 2.12 bits per heavy atom. The van der Waals surface area contributed by atoms with Crippen molar-refractivity contribution in [3.63, 3.8) is 0 Å². The number of hydrogen-bond donors (Lipinski definition) is 0. The van der Waals surface area contributed by atoms with Crippen LogP contribution >= 0.6 is 0 Å². The molecule has 0 fully saturated rings. The van der Waals surface area contributed by atoms with Crippen LogP contribution in [0.25, 0.3) is 0 Å². The second kappa shape index (κ2) is 7.91. The summed E-state index contributed by atoms with van der Waals surface area (Å²) in [5, 5.41) is 0. The van der Waals surface area contributed by atoms with E-state index in [0.29, 0.717) is 0 Å². The SMILES string of the molecule is COCC[S-](=O)=O.[Na+]. The number of hydrogen-bond acceptors (Lipinski definition) is 4. The molecule has 0 atom stereocenters. The average molecular weight is 146 g/mol. The normalized spacial score (nSPS) is 8.75. The van der Waals surface area contributed by atoms with E-state index < -0.39 is 10.7 Å². The number of methoxy groups -OCH3 is 1. The van der Waals surface area contributed by atoms with Crippen molar-refractivity contribution in [3.05, 3.63) is 0 Å². The van der Waals surface area contributed by atoms with Crippen molar-refractivity contribution in [2.24, 2.45) is 0 Å². The fourth-order valence-corrected chi connectivity index (χ4v) is 0.454. The third-order valence-corrected chi connectivity index (χ3v) is 0.954. The summed E-state index contributed by atoms with van der Waals surface area (Å²) in [5.74, 6) is 0.0938. The van der Waals surface area contributed by atoms with Crippen LogP contribution in [-0.4, -0.2) is 19.5 Å². The van der Waals surface area contributed by atoms with E-state index in [4.69, 9.17) is 0 Å². The maximum Gasteiger partial charge on any atom is 1.00 e. The van der Waals surface area contributed by atoms with Gasteiger partial charge in [-0.1, -0.05) is 10.7 Å². The molecular formula is C3H7NaO3S. The molecule has 3 nitrogen and oxygen atoms in total. The van der Waals surface area contributed by atoms with Crippen LogP contribution in [-0.2, 0) is 23.9 Å². The van der Waals surface area contributed by atoms with Crippen LogP contribution in [0.5, 0.6) is 0 Å². The average Bonchev–Trinajstić information content (AvgIpc) is 1.61. The van der Waals surface area contributed by atoms with E-state index in [9.17, 15) is 8.42 Å². The molecule has 0 saturated heterocycles. The van der Waals surface area contributed by atoms with Crippen molar-refractivity contribution < 1.29 is 42.7 Å². The molecule has 0 saturated carbocycles. The molecule has 0 aromatic rings. The summed E-state index contributed by atoms with van der Waals surface area (Å²) in [6, 6.07) is 0. The molecule has 8 heavy (non-hydrogen) atoms. The molecule has 0 aliphatic rings. The smallest absolute Gasteiger partial charge is 0.424 e. The molecule has 0 aliphatic carbocycles. The predicted octanol–water partition coefficient (Wildman–Crippen LogP) is -3.05. The van der Waals surface area contributed by atoms with E-state index in [1.807, 2.05) is 0 Å². The van der Waals surface area contributed by atoms with Gasteiger partial charge in [-0.3, -0.25) is 0 Å². The Hall–Kier alpha value is 0.910. The van der Waals surface area contributed by atoms with Crippen LogP contribution in [0.2, 0.25) is 0 Å². The number of rotatable bonds is 3. The van der Waals surface area contributed by atoms with Crippen LogP contribution in [0, 0.1) is 0 Å². The van der Waals surface area contributed by atoms with Gasteiger partial charge in [-0.15, -0.1) is 0 Å². The topological polar surface area (TPSA) is 43.4 Å². The van der Waals surface area contributed by atoms with Gasteiger partial charge in [0.05, 0.1) is 0 Å². The summed E-state index contributed by atoms with van der Waals surface area (Å²) >= 11 is 0. The third kappa shape index (κ3) is 10.0. The van der Waals surface area contributed by atoms with Crippen molar-refractivity contribution in [1.82, 2.24) is 0 Å². The van der Waals surface area contributed by atoms with Gasteiger partial charge in [0.25, 0.3) is 0 Å². The van der Waals surface area contributed by atoms with Gasteiger partial charge in [0.15, 0.2) is 0 Å². The maximum atomic E-state index is 9.68. The van der Waals surface area contributed by atoms with Gasteiger partial charge in [-0.2, -0.15) is 0 Å². The molecule has 0 radical (unpaired) electrons. The molecule has 0 bridgehead atoms. The van der Waals surface area contributed by atoms with Gasteiger partial charge < -0.3 is 13.2 Å². The van der Waals surface area contributed by atoms with Crippen molar-refractivity contribution in [3.8, 4) is 0 Å². The van der Waals surface area contributed by atoms with Gasteiger partial charge in [0.1, 0.15) is 0 Å². The first-order valence-electron chi connectivity index (χ1n) is 1.82. The summed E-state index contributed by atoms with van der Waals surface area (Å²) < 4.78 is 23.8. The monoisotopic (exact) mass is 146 g/mol. The standard InChI is InChI=1S/C3H7O3S.Na/c1-6-2-3-7(4)5;/h2-3H2,1H3;/q-1;+1. The molecule has 0 aliphatic heterocycles. The molecule has 0 N–H and O–H groups in total. The fraction of sp³-hybridized carbons (Fsp3) is 1.00. The minimum atomic E-state index is -1.94. The van der Waals surface area contributed by atoms with Crippen molar-refractivity contribution >= 4 is 10.7 Å². The summed E-state index contributed by atoms with van der Waals surface area (Å²) in [4.78, 5) is 0. The Bertz CT molecular complexity index is 92.7. The van der Waals surface area contributed by atoms with Crippen molar-refractivity contribution in [2.45, 2.75) is 0 Å². The van der Waals surface area contributed by atoms with Crippen LogP contribution < -0.4 is 29.6 Å². The Kier molecular flexibility index (Phi) is 11.5. The molecular weight excluding hydrogens is 139 g/mol. The van der Waals surface area contributed by atoms with E-state index >= 15 is 0 Å². The van der Waals surface area contributed by atoms with Crippen molar-refractivity contribution in [1.29, 1.82) is 0 Å². The molecule has 0 spiro atoms. The van der Waals surface area contributed by atoms with E-state index in [0.717, 1.165) is 0 Å². The van der Waals surface area contributed by atoms with Crippen LogP contribution in [0.1, 0.15) is 0 Å². The van der Waals surface area contributed by atoms with E-state index in [2.05, 4.69) is 4.74 Å². The molecule has 0 aromatic carbocycles. The molecule has 0 unspecified atom stereocenters. The molecule has 5 heteroatoms. The first-order chi connectivity index (χ1) is 3.27. The van der Waals surface area contributed by atoms with Gasteiger partial charge in [-0.25, -0.2) is 0 Å². The maximum absolute atomic E-state index is 9.68. The first kappa shape index (κ1) is 11.7. The summed E-state index contributed by atoms with van der Waals surface area (Å²) in [6.45, 7) is 0.288. The fourth-order valence-electron chi connectivity index (χ4n) is 0.151. The summed E-state index contributed by atoms with van der Waals surface area (Å²) in [7, 11) is -0.475. The second-order valence-electron chi connectivity index (χ2n) is 1.00. The summed E-state index contributed by atoms with van der Waals surface area (Å²) in [5.41, 5.74) is 0. The van der Waals surface area contributed by atoms with Crippen LogP contribution in [0.3, 0.4) is 0 Å². The van der Waals surface area contributed by atoms with Crippen molar-refractivity contribution in [2.75, 3.05) is 19.5 Å². The van der Waals surface area contributed by atoms with Crippen LogP contribution in [0.4, 0.5) is 0 Å². The Balaban J connectivity index is 0. The van der Waals surface area contributed by atoms with E-state index in [1.54, 1.807) is 0 Å². The molecule has 0 heterocycles. The summed E-state index contributed by atoms with van der Waals surface area (Å²) in [6.07, 6.45) is 0. The van der Waals surface area contributed by atoms with Gasteiger partial charge in [-0.05, 0) is 5.75 Å². The quantitative estimate of drug-likeness (QED) is 0.314. The molecule has 0 amide bonds. The van der Waals surface area contributed by atoms with Crippen LogP contribution in [0.15, 0.2) is 0 Å². The van der Waals surface area contributed by atoms with E-state index in [-0.39, 0.29) is 41.9 Å². The zero-order valence-corrected chi connectivity index (χ0v) is 7.86. The molecule has 44 valence electrons. The minimum absolute atomic E-state index is 0. The third-order valence-electron chi connectivity index (χ3n) is 0.454. The Morgan fingerprint density at radius 1 is 1.50 bits per heavy atom. The second-order valence-corrected chi connectivity index (χ2v) is 2.02. The molecule has 0 rings (SSSR count). The predicted molar refractivity (Wildman–Crippen MR) is 25.5 cm³/mol. The first-order valence-corrected chi connectivity index (χ1v) is 3.06. The van der Waals surface area contributed by atoms with E-state index in [1.165, 1.54) is 7.11 Å². The van der Waals surface area contributed by atoms with Gasteiger partial charge in [0, 0.05) is 13.7 Å². The number of ether oxygens (including phenoxy) is 1. The largest absolute Gasteiger partial charge is 1.00 e. The zero-order valence-electron chi connectivity index (χ0n) is 5.05. The Morgan fingerprint density at radius 2 is 2.00 bits per heavy atom. The zero-order chi connectivity index (χ0) is 5.70. The van der Waals surface area contributed by atoms with Gasteiger partial charge in [0.2, 0.25) is 0 Å². The van der Waals surface area contributed by atoms with Gasteiger partial charge >= 0.3 is 29.6 Å². The minimum Gasteiger partial charge on any atom is -0.424 e. The Labute approximate surface area is 72.7 Å².